The molecule has 1 fully saturated rings. The fourth-order valence-electron chi connectivity index (χ4n) is 5.20. The standard InChI is InChI=1S/C30H42N7O20P3S/c1-30(2,25(44)28(45)33-6-5-20(41)32-7-8-61-21(42)4-3-15-9-17(39)18(40)10-16(15)38)12-54-60(51,52)57-59(49,50)53-11-19-24(56-58(46,47)48)23(43)29(55-19)37-14-36-22-26(31)34-13-35-27(22)37/h3-4,9-10,13-14,19,23-25,29,38-40,43-44H,5-8,11-12H2,1-2H3,(H,32,41)(H,33,45)(H,49,50)(H,51,52)(H2,31,34,35)(H2,46,47,48)/b4-3+/t19-,23-,24-,25?,29-/m1/s1. The van der Waals surface area contributed by atoms with Crippen LogP contribution in [0.1, 0.15) is 32.1 Å². The minimum Gasteiger partial charge on any atom is -0.507 e. The Balaban J connectivity index is 1.20. The molecule has 61 heavy (non-hydrogen) atoms. The van der Waals surface area contributed by atoms with Crippen molar-refractivity contribution in [2.45, 2.75) is 50.9 Å². The summed E-state index contributed by atoms with van der Waals surface area (Å²) in [7, 11) is -16.5. The maximum absolute atomic E-state index is 12.7. The number of aliphatic hydroxyl groups excluding tert-OH is 2. The Bertz CT molecular complexity index is 2260. The fourth-order valence-corrected chi connectivity index (χ4v) is 8.60. The van der Waals surface area contributed by atoms with Gasteiger partial charge in [0.2, 0.25) is 16.9 Å². The first-order chi connectivity index (χ1) is 28.3. The number of phenolic OH excluding ortho intramolecular Hbond substituents is 3. The van der Waals surface area contributed by atoms with Crippen molar-refractivity contribution in [1.29, 1.82) is 0 Å². The van der Waals surface area contributed by atoms with Gasteiger partial charge in [-0.2, -0.15) is 4.31 Å². The molecule has 4 rings (SSSR count). The van der Waals surface area contributed by atoms with Gasteiger partial charge in [-0.25, -0.2) is 28.6 Å². The minimum atomic E-state index is -5.60. The molecule has 0 radical (unpaired) electrons. The summed E-state index contributed by atoms with van der Waals surface area (Å²) >= 11 is 0.822. The van der Waals surface area contributed by atoms with Crippen molar-refractivity contribution < 1.29 is 95.8 Å². The number of thioether (sulfide) groups is 1. The van der Waals surface area contributed by atoms with Crippen LogP contribution in [0.5, 0.6) is 17.2 Å². The second kappa shape index (κ2) is 20.4. The van der Waals surface area contributed by atoms with Crippen LogP contribution in [0, 0.1) is 5.41 Å². The summed E-state index contributed by atoms with van der Waals surface area (Å²) in [5.41, 5.74) is 4.26. The number of phosphoric ester groups is 3. The van der Waals surface area contributed by atoms with Gasteiger partial charge in [0, 0.05) is 42.3 Å². The number of phosphoric acid groups is 3. The molecule has 31 heteroatoms. The highest BCUT2D eigenvalue weighted by atomic mass is 32.2. The topological polar surface area (TPSA) is 424 Å². The van der Waals surface area contributed by atoms with Gasteiger partial charge in [0.1, 0.15) is 42.0 Å². The lowest BCUT2D eigenvalue weighted by molar-refractivity contribution is -0.137. The van der Waals surface area contributed by atoms with Crippen molar-refractivity contribution in [3.05, 3.63) is 36.4 Å². The molecule has 0 saturated carbocycles. The van der Waals surface area contributed by atoms with Crippen molar-refractivity contribution in [3.8, 4) is 17.2 Å². The number of anilines is 1. The molecule has 13 N–H and O–H groups in total. The predicted octanol–water partition coefficient (Wildman–Crippen LogP) is -0.505. The molecule has 27 nitrogen and oxygen atoms in total. The van der Waals surface area contributed by atoms with E-state index in [4.69, 9.17) is 19.5 Å². The van der Waals surface area contributed by atoms with Gasteiger partial charge in [-0.05, 0) is 18.2 Å². The van der Waals surface area contributed by atoms with Crippen LogP contribution < -0.4 is 16.4 Å². The summed E-state index contributed by atoms with van der Waals surface area (Å²) in [6.07, 6.45) is -4.83. The highest BCUT2D eigenvalue weighted by molar-refractivity contribution is 8.14. The zero-order valence-corrected chi connectivity index (χ0v) is 35.2. The van der Waals surface area contributed by atoms with E-state index in [1.54, 1.807) is 0 Å². The SMILES string of the molecule is CC(C)(COP(=O)(O)OP(=O)(O)OC[C@H]1O[C@@H](n2cnc3c(N)ncnc32)[C@H](O)[C@@H]1OP(=O)(O)O)C(O)C(=O)NCCC(=O)NCCSC(=O)/C=C/c1cc(O)c(O)cc1O. The molecular formula is C30H42N7O20P3S. The van der Waals surface area contributed by atoms with E-state index in [1.807, 2.05) is 0 Å². The number of rotatable bonds is 21. The number of ether oxygens (including phenoxy) is 1. The summed E-state index contributed by atoms with van der Waals surface area (Å²) in [5.74, 6) is -2.89. The van der Waals surface area contributed by atoms with E-state index in [0.29, 0.717) is 0 Å². The summed E-state index contributed by atoms with van der Waals surface area (Å²) < 4.78 is 62.1. The number of aliphatic hydroxyl groups is 2. The van der Waals surface area contributed by atoms with E-state index in [2.05, 4.69) is 34.4 Å². The van der Waals surface area contributed by atoms with Crippen LogP contribution in [0.2, 0.25) is 0 Å². The van der Waals surface area contributed by atoms with Crippen LogP contribution in [-0.2, 0) is 50.7 Å². The van der Waals surface area contributed by atoms with E-state index in [1.165, 1.54) is 19.9 Å². The van der Waals surface area contributed by atoms with E-state index >= 15 is 0 Å². The molecule has 3 aromatic rings. The van der Waals surface area contributed by atoms with Crippen molar-refractivity contribution in [2.24, 2.45) is 5.41 Å². The molecule has 1 aliphatic heterocycles. The summed E-state index contributed by atoms with van der Waals surface area (Å²) in [4.78, 5) is 87.8. The largest absolute Gasteiger partial charge is 0.507 e. The van der Waals surface area contributed by atoms with Gasteiger partial charge in [-0.1, -0.05) is 25.6 Å². The normalized spacial score (nSPS) is 20.9. The van der Waals surface area contributed by atoms with Gasteiger partial charge in [-0.3, -0.25) is 32.5 Å². The molecule has 1 aliphatic rings. The fraction of sp³-hybridized carbons (Fsp3) is 0.467. The number of nitrogens with two attached hydrogens (primary N) is 1. The van der Waals surface area contributed by atoms with Crippen LogP contribution in [-0.4, -0.2) is 138 Å². The van der Waals surface area contributed by atoms with Crippen molar-refractivity contribution in [3.63, 3.8) is 0 Å². The monoisotopic (exact) mass is 945 g/mol. The van der Waals surface area contributed by atoms with Gasteiger partial charge in [0.15, 0.2) is 29.2 Å². The number of carbonyl (C=O) groups is 3. The van der Waals surface area contributed by atoms with Crippen LogP contribution >= 0.6 is 35.2 Å². The van der Waals surface area contributed by atoms with Gasteiger partial charge in [0.05, 0.1) is 19.5 Å². The number of fused-ring (bicyclic) bond motifs is 1. The third-order valence-electron chi connectivity index (χ3n) is 8.27. The number of imidazole rings is 1. The Morgan fingerprint density at radius 3 is 2.36 bits per heavy atom. The number of nitrogens with zero attached hydrogens (tertiary/aromatic N) is 4. The highest BCUT2D eigenvalue weighted by Gasteiger charge is 2.50. The molecule has 2 aromatic heterocycles. The van der Waals surface area contributed by atoms with Crippen LogP contribution in [0.15, 0.2) is 30.9 Å². The second-order valence-electron chi connectivity index (χ2n) is 13.5. The minimum absolute atomic E-state index is 0.0152. The highest BCUT2D eigenvalue weighted by Crippen LogP contribution is 2.61. The van der Waals surface area contributed by atoms with E-state index in [-0.39, 0.29) is 53.6 Å². The van der Waals surface area contributed by atoms with Crippen LogP contribution in [0.4, 0.5) is 5.82 Å². The number of nitrogen functional groups attached to an aromatic ring is 1. The van der Waals surface area contributed by atoms with Crippen LogP contribution in [0.25, 0.3) is 17.2 Å². The third-order valence-corrected chi connectivity index (χ3v) is 12.2. The molecule has 3 heterocycles. The lowest BCUT2D eigenvalue weighted by atomic mass is 9.87. The lowest BCUT2D eigenvalue weighted by Crippen LogP contribution is -2.46. The molecular weight excluding hydrogens is 903 g/mol. The maximum atomic E-state index is 12.7. The molecule has 0 bridgehead atoms. The number of nitrogens with one attached hydrogen (secondary N) is 2. The number of hydrogen-bond donors (Lipinski definition) is 12. The van der Waals surface area contributed by atoms with Crippen molar-refractivity contribution >= 4 is 75.2 Å². The molecule has 338 valence electrons. The van der Waals surface area contributed by atoms with Gasteiger partial charge in [-0.15, -0.1) is 0 Å². The molecule has 3 unspecified atom stereocenters. The number of phenols is 3. The predicted molar refractivity (Wildman–Crippen MR) is 208 cm³/mol. The van der Waals surface area contributed by atoms with Gasteiger partial charge < -0.3 is 66.2 Å². The Labute approximate surface area is 348 Å². The number of benzene rings is 1. The number of hydrogen-bond acceptors (Lipinski definition) is 21. The van der Waals surface area contributed by atoms with Crippen LogP contribution in [0.3, 0.4) is 0 Å². The third kappa shape index (κ3) is 14.2. The summed E-state index contributed by atoms with van der Waals surface area (Å²) in [5, 5.41) is 54.5. The summed E-state index contributed by atoms with van der Waals surface area (Å²) in [6.45, 7) is 0.128. The quantitative estimate of drug-likeness (QED) is 0.0210. The van der Waals surface area contributed by atoms with Gasteiger partial charge in [0.25, 0.3) is 0 Å². The molecule has 2 amide bonds. The number of aromatic hydroxyl groups is 3. The summed E-state index contributed by atoms with van der Waals surface area (Å²) in [6, 6.07) is 1.96. The molecule has 1 aromatic carbocycles. The maximum Gasteiger partial charge on any atom is 0.481 e. The molecule has 0 spiro atoms. The first-order valence-corrected chi connectivity index (χ1v) is 22.8. The zero-order chi connectivity index (χ0) is 45.5. The Kier molecular flexibility index (Phi) is 16.6. The smallest absolute Gasteiger partial charge is 0.481 e. The Morgan fingerprint density at radius 1 is 1.00 bits per heavy atom. The number of aromatic nitrogens is 4. The van der Waals surface area contributed by atoms with E-state index < -0.39 is 101 Å². The molecule has 1 saturated heterocycles. The average molecular weight is 946 g/mol. The number of amides is 2. The van der Waals surface area contributed by atoms with E-state index in [0.717, 1.165) is 47.2 Å². The van der Waals surface area contributed by atoms with Gasteiger partial charge >= 0.3 is 23.5 Å². The Hall–Kier alpha value is -4.08. The first kappa shape index (κ1) is 49.6. The average Bonchev–Trinajstić information content (AvgIpc) is 3.72. The van der Waals surface area contributed by atoms with E-state index in [9.17, 15) is 73.2 Å². The Morgan fingerprint density at radius 2 is 1.67 bits per heavy atom. The molecule has 7 atom stereocenters. The van der Waals surface area contributed by atoms with Crippen molar-refractivity contribution in [2.75, 3.05) is 37.8 Å². The first-order valence-electron chi connectivity index (χ1n) is 17.3. The second-order valence-corrected chi connectivity index (χ2v) is 18.8. The number of carbonyl (C=O) groups excluding carboxylic acids is 3. The lowest BCUT2D eigenvalue weighted by Gasteiger charge is -2.30. The zero-order valence-electron chi connectivity index (χ0n) is 31.7. The van der Waals surface area contributed by atoms with Crippen molar-refractivity contribution in [1.82, 2.24) is 30.2 Å². The molecule has 0 aliphatic carbocycles.